The molecule has 2 aliphatic heterocycles. The number of primary amides is 1. The SMILES string of the molecule is CC.CC.CC(C)(C)OC(N)=O.COc1cnc(O[C@@H]2C[C@H]3C(=O)N[C@]4(C(=O)NS(=O)(=O)C5(F)CC5)C[C@H]4/C=C\CC[C@H](C)C[C@@H](C)CC(=O)N3C2)c2cc(F)ccc12.[HH].[HH].[HH]. The van der Waals surface area contributed by atoms with E-state index in [9.17, 15) is 36.4 Å². The van der Waals surface area contributed by atoms with Gasteiger partial charge < -0.3 is 30.2 Å². The van der Waals surface area contributed by atoms with Crippen LogP contribution in [-0.2, 0) is 29.1 Å². The number of nitrogens with zero attached hydrogens (tertiary/aromatic N) is 2. The van der Waals surface area contributed by atoms with Crippen LogP contribution in [0.2, 0.25) is 0 Å². The number of carbonyl (C=O) groups excluding carboxylic acids is 4. The molecule has 14 nitrogen and oxygen atoms in total. The van der Waals surface area contributed by atoms with Crippen LogP contribution >= 0.6 is 0 Å². The Morgan fingerprint density at radius 3 is 2.31 bits per heavy atom. The van der Waals surface area contributed by atoms with Gasteiger partial charge in [-0.2, -0.15) is 0 Å². The van der Waals surface area contributed by atoms with Crippen molar-refractivity contribution in [2.24, 2.45) is 23.5 Å². The van der Waals surface area contributed by atoms with Crippen molar-refractivity contribution in [1.82, 2.24) is 19.9 Å². The third kappa shape index (κ3) is 12.5. The van der Waals surface area contributed by atoms with Crippen molar-refractivity contribution in [2.45, 2.75) is 142 Å². The Bertz CT molecular complexity index is 1970. The molecule has 3 fully saturated rings. The first-order chi connectivity index (χ1) is 27.7. The molecule has 17 heteroatoms. The number of amides is 4. The summed E-state index contributed by atoms with van der Waals surface area (Å²) in [5, 5.41) is 1.19. The Morgan fingerprint density at radius 2 is 1.73 bits per heavy atom. The largest absolute Gasteiger partial charge is 0.494 e. The number of nitrogens with one attached hydrogen (secondary N) is 2. The maximum Gasteiger partial charge on any atom is 0.405 e. The number of methoxy groups -OCH3 is 1. The number of benzene rings is 1. The monoisotopic (exact) mass is 857 g/mol. The van der Waals surface area contributed by atoms with Crippen molar-refractivity contribution >= 4 is 44.6 Å². The van der Waals surface area contributed by atoms with Crippen LogP contribution in [0, 0.1) is 23.6 Å². The zero-order valence-electron chi connectivity index (χ0n) is 36.0. The number of carbonyl (C=O) groups is 4. The molecule has 2 aliphatic carbocycles. The van der Waals surface area contributed by atoms with E-state index in [-0.39, 0.29) is 60.6 Å². The standard InChI is InChI=1S/C33H40F2N4O7S.C5H11NO2.2C2H6.3H2/c1-19-6-4-5-7-21-16-33(21,31(42)38-47(43,44)32(35)10-11-32)37-29(41)26-15-23(18-39(26)28(40)13-20(2)12-19)46-30-25-14-22(34)8-9-24(25)27(45-3)17-36-30;1-5(2,3)8-4(6)7;2*1-2;;;/h5,7-9,14,17,19-21,23,26H,4,6,10-13,15-16,18H2,1-3H3,(H,37,41)(H,38,42);1-3H3,(H2,6,7);2*1-2H3;3*1H/b7-5-;;;;;;/t19-,20+,21+,23+,26-,33+;;;;;;/m0....../s1. The number of halogens is 2. The minimum atomic E-state index is -4.61. The van der Waals surface area contributed by atoms with Gasteiger partial charge in [-0.05, 0) is 76.5 Å². The molecular weight excluding hydrogens is 789 g/mol. The van der Waals surface area contributed by atoms with Gasteiger partial charge in [-0.25, -0.2) is 31.7 Å². The summed E-state index contributed by atoms with van der Waals surface area (Å²) in [6, 6.07) is 3.07. The minimum Gasteiger partial charge on any atom is -0.494 e. The number of rotatable bonds is 6. The Balaban J connectivity index is 0.00000221. The lowest BCUT2D eigenvalue weighted by molar-refractivity contribution is -0.140. The van der Waals surface area contributed by atoms with Crippen molar-refractivity contribution in [2.75, 3.05) is 13.7 Å². The van der Waals surface area contributed by atoms with Gasteiger partial charge in [0.05, 0.1) is 25.2 Å². The first kappa shape index (κ1) is 48.8. The van der Waals surface area contributed by atoms with Crippen LogP contribution in [0.1, 0.15) is 118 Å². The Hall–Kier alpha value is -4.54. The van der Waals surface area contributed by atoms with E-state index < -0.39 is 68.0 Å². The molecule has 0 spiro atoms. The summed E-state index contributed by atoms with van der Waals surface area (Å²) >= 11 is 0. The fourth-order valence-electron chi connectivity index (χ4n) is 7.19. The molecule has 6 rings (SSSR count). The molecule has 59 heavy (non-hydrogen) atoms. The first-order valence-electron chi connectivity index (χ1n) is 20.5. The summed E-state index contributed by atoms with van der Waals surface area (Å²) in [5.41, 5.74) is 2.64. The Labute approximate surface area is 351 Å². The summed E-state index contributed by atoms with van der Waals surface area (Å²) in [5.74, 6) is -2.06. The van der Waals surface area contributed by atoms with Crippen molar-refractivity contribution in [3.63, 3.8) is 0 Å². The fourth-order valence-corrected chi connectivity index (χ4v) is 8.44. The van der Waals surface area contributed by atoms with Crippen LogP contribution in [0.15, 0.2) is 36.5 Å². The highest BCUT2D eigenvalue weighted by Gasteiger charge is 2.64. The molecule has 2 aromatic rings. The number of hydrogen-bond acceptors (Lipinski definition) is 10. The van der Waals surface area contributed by atoms with E-state index in [2.05, 4.69) is 22.0 Å². The second kappa shape index (κ2) is 20.1. The van der Waals surface area contributed by atoms with E-state index in [1.807, 2.05) is 45.4 Å². The summed E-state index contributed by atoms with van der Waals surface area (Å²) in [6.07, 6.45) is 6.03. The van der Waals surface area contributed by atoms with Gasteiger partial charge in [0.15, 0.2) is 0 Å². The van der Waals surface area contributed by atoms with Gasteiger partial charge in [0.2, 0.25) is 22.7 Å². The van der Waals surface area contributed by atoms with Gasteiger partial charge in [0.1, 0.15) is 34.9 Å². The number of sulfonamides is 1. The average molecular weight is 858 g/mol. The molecular formula is C42H69F2N5O9S. The third-order valence-corrected chi connectivity index (χ3v) is 12.0. The molecule has 0 unspecified atom stereocenters. The van der Waals surface area contributed by atoms with Crippen molar-refractivity contribution in [1.29, 1.82) is 0 Å². The summed E-state index contributed by atoms with van der Waals surface area (Å²) in [6.45, 7) is 17.4. The van der Waals surface area contributed by atoms with Crippen LogP contribution in [0.3, 0.4) is 0 Å². The van der Waals surface area contributed by atoms with E-state index in [1.54, 1.807) is 32.9 Å². The highest BCUT2D eigenvalue weighted by atomic mass is 32.2. The fraction of sp³-hybridized carbons (Fsp3) is 0.643. The van der Waals surface area contributed by atoms with Crippen LogP contribution in [0.4, 0.5) is 13.6 Å². The molecule has 0 radical (unpaired) electrons. The number of aromatic nitrogens is 1. The lowest BCUT2D eigenvalue weighted by atomic mass is 9.91. The summed E-state index contributed by atoms with van der Waals surface area (Å²) in [4.78, 5) is 57.0. The van der Waals surface area contributed by atoms with E-state index in [0.717, 1.165) is 12.8 Å². The minimum absolute atomic E-state index is 0. The predicted octanol–water partition coefficient (Wildman–Crippen LogP) is 7.58. The molecule has 1 aromatic carbocycles. The highest BCUT2D eigenvalue weighted by Crippen LogP contribution is 2.48. The number of ether oxygens (including phenoxy) is 3. The first-order valence-corrected chi connectivity index (χ1v) is 22.0. The normalized spacial score (nSPS) is 26.7. The van der Waals surface area contributed by atoms with E-state index >= 15 is 0 Å². The Kier molecular flexibility index (Phi) is 16.7. The number of alkyl halides is 1. The van der Waals surface area contributed by atoms with Gasteiger partial charge in [0.25, 0.3) is 15.9 Å². The number of hydrogen-bond donors (Lipinski definition) is 3. The second-order valence-corrected chi connectivity index (χ2v) is 18.1. The molecule has 1 saturated heterocycles. The smallest absolute Gasteiger partial charge is 0.405 e. The molecule has 3 heterocycles. The topological polar surface area (TPSA) is 196 Å². The van der Waals surface area contributed by atoms with Gasteiger partial charge >= 0.3 is 6.09 Å². The van der Waals surface area contributed by atoms with Gasteiger partial charge in [0, 0.05) is 41.3 Å². The third-order valence-electron chi connectivity index (χ3n) is 10.2. The zero-order chi connectivity index (χ0) is 44.5. The molecule has 6 atom stereocenters. The molecule has 1 aromatic heterocycles. The van der Waals surface area contributed by atoms with Crippen LogP contribution < -0.4 is 25.2 Å². The molecule has 0 bridgehead atoms. The molecule has 336 valence electrons. The van der Waals surface area contributed by atoms with Crippen molar-refractivity contribution in [3.05, 3.63) is 42.4 Å². The lowest BCUT2D eigenvalue weighted by Gasteiger charge is -2.27. The van der Waals surface area contributed by atoms with E-state index in [1.165, 1.54) is 30.3 Å². The number of nitrogens with two attached hydrogens (primary N) is 1. The molecule has 4 amide bonds. The summed E-state index contributed by atoms with van der Waals surface area (Å²) < 4.78 is 72.2. The van der Waals surface area contributed by atoms with E-state index in [4.69, 9.17) is 15.2 Å². The van der Waals surface area contributed by atoms with Gasteiger partial charge in [-0.3, -0.25) is 14.4 Å². The zero-order valence-corrected chi connectivity index (χ0v) is 36.8. The quantitative estimate of drug-likeness (QED) is 0.244. The number of pyridine rings is 1. The summed E-state index contributed by atoms with van der Waals surface area (Å²) in [7, 11) is -3.14. The second-order valence-electron chi connectivity index (χ2n) is 16.1. The number of allylic oxidation sites excluding steroid dienone is 1. The van der Waals surface area contributed by atoms with E-state index in [0.29, 0.717) is 28.9 Å². The van der Waals surface area contributed by atoms with Crippen LogP contribution in [-0.4, -0.2) is 84.1 Å². The van der Waals surface area contributed by atoms with Crippen LogP contribution in [0.5, 0.6) is 11.6 Å². The number of fused-ring (bicyclic) bond motifs is 3. The molecule has 2 saturated carbocycles. The maximum atomic E-state index is 14.6. The maximum absolute atomic E-state index is 14.6. The Morgan fingerprint density at radius 1 is 1.07 bits per heavy atom. The molecule has 4 aliphatic rings. The predicted molar refractivity (Wildman–Crippen MR) is 227 cm³/mol. The molecule has 4 N–H and O–H groups in total. The highest BCUT2D eigenvalue weighted by molar-refractivity contribution is 7.91. The van der Waals surface area contributed by atoms with Crippen molar-refractivity contribution < 1.29 is 54.9 Å². The van der Waals surface area contributed by atoms with Gasteiger partial charge in [-0.15, -0.1) is 0 Å². The average Bonchev–Trinajstić information content (AvgIpc) is 4.04. The van der Waals surface area contributed by atoms with Crippen LogP contribution in [0.25, 0.3) is 10.8 Å². The lowest BCUT2D eigenvalue weighted by Crippen LogP contribution is -2.57. The van der Waals surface area contributed by atoms with Crippen molar-refractivity contribution in [3.8, 4) is 11.6 Å². The van der Waals surface area contributed by atoms with Gasteiger partial charge in [-0.1, -0.05) is 53.7 Å².